The monoisotopic (exact) mass is 474 g/mol. The highest BCUT2D eigenvalue weighted by molar-refractivity contribution is 9.10. The van der Waals surface area contributed by atoms with Crippen LogP contribution in [0.3, 0.4) is 0 Å². The number of nitrogens with zero attached hydrogens (tertiary/aromatic N) is 2. The van der Waals surface area contributed by atoms with Crippen molar-refractivity contribution in [1.82, 2.24) is 4.98 Å². The van der Waals surface area contributed by atoms with Crippen LogP contribution in [0.5, 0.6) is 0 Å². The Bertz CT molecular complexity index is 868. The summed E-state index contributed by atoms with van der Waals surface area (Å²) in [5, 5.41) is 0. The van der Waals surface area contributed by atoms with Crippen molar-refractivity contribution in [1.29, 1.82) is 0 Å². The van der Waals surface area contributed by atoms with E-state index in [-0.39, 0.29) is 12.1 Å². The molecule has 0 saturated carbocycles. The van der Waals surface area contributed by atoms with E-state index < -0.39 is 0 Å². The van der Waals surface area contributed by atoms with E-state index in [4.69, 9.17) is 14.5 Å². The second-order valence-electron chi connectivity index (χ2n) is 6.92. The minimum atomic E-state index is -0.136. The molecule has 0 saturated heterocycles. The van der Waals surface area contributed by atoms with E-state index in [9.17, 15) is 0 Å². The fraction of sp³-hybridized carbons (Fsp3) is 0.391. The van der Waals surface area contributed by atoms with Crippen LogP contribution >= 0.6 is 27.7 Å². The van der Waals surface area contributed by atoms with Crippen molar-refractivity contribution in [2.45, 2.75) is 43.2 Å². The van der Waals surface area contributed by atoms with Crippen molar-refractivity contribution in [3.8, 4) is 0 Å². The van der Waals surface area contributed by atoms with E-state index in [1.807, 2.05) is 12.2 Å². The van der Waals surface area contributed by atoms with Crippen LogP contribution in [0.25, 0.3) is 6.08 Å². The summed E-state index contributed by atoms with van der Waals surface area (Å²) in [4.78, 5) is 10.6. The first kappa shape index (κ1) is 22.1. The first-order valence-corrected chi connectivity index (χ1v) is 11.9. The van der Waals surface area contributed by atoms with Crippen molar-refractivity contribution in [3.63, 3.8) is 0 Å². The van der Waals surface area contributed by atoms with Crippen molar-refractivity contribution in [2.24, 2.45) is 4.99 Å². The standard InChI is InChI=1S/C23H27BrN2O2S/c1-4-5-6-18-11-7-17(23(24)25-18)10-14-21-26-20(15-27-2)22(28-21)16-8-12-19(29-3)13-9-16/h7-14,20,22H,4-6,15H2,1-3H3/t20-,22-/m0/s1. The van der Waals surface area contributed by atoms with Gasteiger partial charge in [0.2, 0.25) is 5.90 Å². The van der Waals surface area contributed by atoms with E-state index in [0.29, 0.717) is 12.5 Å². The fourth-order valence-corrected chi connectivity index (χ4v) is 4.10. The van der Waals surface area contributed by atoms with E-state index in [2.05, 4.69) is 70.5 Å². The highest BCUT2D eigenvalue weighted by Crippen LogP contribution is 2.31. The predicted molar refractivity (Wildman–Crippen MR) is 125 cm³/mol. The van der Waals surface area contributed by atoms with Gasteiger partial charge < -0.3 is 9.47 Å². The summed E-state index contributed by atoms with van der Waals surface area (Å²) in [5.41, 5.74) is 3.23. The van der Waals surface area contributed by atoms with Crippen LogP contribution < -0.4 is 0 Å². The number of ether oxygens (including phenoxy) is 2. The van der Waals surface area contributed by atoms with Gasteiger partial charge in [0.25, 0.3) is 0 Å². The Morgan fingerprint density at radius 2 is 1.97 bits per heavy atom. The van der Waals surface area contributed by atoms with Gasteiger partial charge in [-0.05, 0) is 64.9 Å². The Kier molecular flexibility index (Phi) is 8.33. The number of hydrogen-bond donors (Lipinski definition) is 0. The fourth-order valence-electron chi connectivity index (χ4n) is 3.20. The Balaban J connectivity index is 1.72. The molecule has 0 unspecified atom stereocenters. The molecule has 1 aromatic carbocycles. The molecule has 6 heteroatoms. The van der Waals surface area contributed by atoms with Gasteiger partial charge in [0.15, 0.2) is 6.10 Å². The number of pyridine rings is 1. The Labute approximate surface area is 186 Å². The van der Waals surface area contributed by atoms with Crippen LogP contribution in [0, 0.1) is 0 Å². The number of halogens is 1. The van der Waals surface area contributed by atoms with Gasteiger partial charge in [-0.25, -0.2) is 9.98 Å². The lowest BCUT2D eigenvalue weighted by Gasteiger charge is -2.17. The first-order chi connectivity index (χ1) is 14.1. The third kappa shape index (κ3) is 5.93. The number of unbranched alkanes of at least 4 members (excludes halogenated alkanes) is 1. The molecule has 2 atom stereocenters. The van der Waals surface area contributed by atoms with Crippen molar-refractivity contribution < 1.29 is 9.47 Å². The van der Waals surface area contributed by atoms with Crippen LogP contribution in [-0.4, -0.2) is 36.9 Å². The minimum absolute atomic E-state index is 0.0576. The summed E-state index contributed by atoms with van der Waals surface area (Å²) < 4.78 is 12.4. The van der Waals surface area contributed by atoms with E-state index >= 15 is 0 Å². The van der Waals surface area contributed by atoms with Crippen molar-refractivity contribution in [2.75, 3.05) is 20.0 Å². The predicted octanol–water partition coefficient (Wildman–Crippen LogP) is 6.11. The van der Waals surface area contributed by atoms with Gasteiger partial charge in [-0.1, -0.05) is 31.5 Å². The molecule has 0 N–H and O–H groups in total. The van der Waals surface area contributed by atoms with Gasteiger partial charge in [-0.15, -0.1) is 11.8 Å². The Hall–Kier alpha value is -1.63. The summed E-state index contributed by atoms with van der Waals surface area (Å²) in [5.74, 6) is 0.618. The smallest absolute Gasteiger partial charge is 0.209 e. The van der Waals surface area contributed by atoms with E-state index in [1.54, 1.807) is 18.9 Å². The van der Waals surface area contributed by atoms with Gasteiger partial charge in [0.1, 0.15) is 10.6 Å². The summed E-state index contributed by atoms with van der Waals surface area (Å²) in [7, 11) is 1.69. The van der Waals surface area contributed by atoms with Gasteiger partial charge in [0.05, 0.1) is 6.61 Å². The molecule has 1 aromatic heterocycles. The molecule has 154 valence electrons. The third-order valence-electron chi connectivity index (χ3n) is 4.80. The number of hydrogen-bond acceptors (Lipinski definition) is 5. The molecule has 29 heavy (non-hydrogen) atoms. The molecular formula is C23H27BrN2O2S. The zero-order chi connectivity index (χ0) is 20.6. The summed E-state index contributed by atoms with van der Waals surface area (Å²) >= 11 is 5.31. The molecule has 1 aliphatic heterocycles. The Morgan fingerprint density at radius 3 is 2.62 bits per heavy atom. The molecule has 0 fully saturated rings. The number of rotatable bonds is 9. The maximum Gasteiger partial charge on any atom is 0.209 e. The molecule has 2 aromatic rings. The molecule has 0 radical (unpaired) electrons. The topological polar surface area (TPSA) is 43.7 Å². The van der Waals surface area contributed by atoms with Gasteiger partial charge in [-0.2, -0.15) is 0 Å². The van der Waals surface area contributed by atoms with Crippen LogP contribution in [0.15, 0.2) is 57.0 Å². The van der Waals surface area contributed by atoms with Gasteiger partial charge in [-0.3, -0.25) is 0 Å². The Morgan fingerprint density at radius 1 is 1.17 bits per heavy atom. The van der Waals surface area contributed by atoms with Gasteiger partial charge >= 0.3 is 0 Å². The summed E-state index contributed by atoms with van der Waals surface area (Å²) in [6.45, 7) is 2.71. The molecule has 0 spiro atoms. The van der Waals surface area contributed by atoms with E-state index in [0.717, 1.165) is 34.3 Å². The number of methoxy groups -OCH3 is 1. The zero-order valence-corrected chi connectivity index (χ0v) is 19.5. The lowest BCUT2D eigenvalue weighted by Crippen LogP contribution is -2.19. The maximum absolute atomic E-state index is 6.17. The van der Waals surface area contributed by atoms with Crippen LogP contribution in [0.1, 0.15) is 42.7 Å². The average molecular weight is 475 g/mol. The minimum Gasteiger partial charge on any atom is -0.467 e. The first-order valence-electron chi connectivity index (χ1n) is 9.85. The summed E-state index contributed by atoms with van der Waals surface area (Å²) in [6, 6.07) is 12.6. The highest BCUT2D eigenvalue weighted by atomic mass is 79.9. The number of thioether (sulfide) groups is 1. The number of aryl methyl sites for hydroxylation is 1. The second kappa shape index (κ2) is 11.0. The molecule has 4 nitrogen and oxygen atoms in total. The van der Waals surface area contributed by atoms with Crippen LogP contribution in [-0.2, 0) is 15.9 Å². The lowest BCUT2D eigenvalue weighted by molar-refractivity contribution is 0.120. The molecule has 3 rings (SSSR count). The van der Waals surface area contributed by atoms with Crippen molar-refractivity contribution >= 4 is 39.7 Å². The normalized spacial score (nSPS) is 18.8. The molecule has 0 bridgehead atoms. The number of benzene rings is 1. The highest BCUT2D eigenvalue weighted by Gasteiger charge is 2.31. The van der Waals surface area contributed by atoms with Crippen molar-refractivity contribution in [3.05, 3.63) is 63.9 Å². The largest absolute Gasteiger partial charge is 0.467 e. The molecule has 0 aliphatic carbocycles. The maximum atomic E-state index is 6.17. The molecule has 2 heterocycles. The number of aliphatic imine (C=N–C) groups is 1. The molecular weight excluding hydrogens is 448 g/mol. The van der Waals surface area contributed by atoms with Crippen LogP contribution in [0.4, 0.5) is 0 Å². The zero-order valence-electron chi connectivity index (χ0n) is 17.1. The lowest BCUT2D eigenvalue weighted by atomic mass is 10.0. The summed E-state index contributed by atoms with van der Waals surface area (Å²) in [6.07, 6.45) is 9.16. The average Bonchev–Trinajstić information content (AvgIpc) is 3.14. The van der Waals surface area contributed by atoms with Crippen LogP contribution in [0.2, 0.25) is 0 Å². The number of aromatic nitrogens is 1. The second-order valence-corrected chi connectivity index (χ2v) is 8.55. The SMILES string of the molecule is CCCCc1ccc(C=CC2=N[C@@H](COC)[C@H](c3ccc(SC)cc3)O2)c(Br)n1. The van der Waals surface area contributed by atoms with E-state index in [1.165, 1.54) is 11.3 Å². The quantitative estimate of drug-likeness (QED) is 0.324. The molecule has 0 amide bonds. The third-order valence-corrected chi connectivity index (χ3v) is 6.18. The van der Waals surface area contributed by atoms with Gasteiger partial charge in [0, 0.05) is 29.3 Å². The molecule has 1 aliphatic rings.